The lowest BCUT2D eigenvalue weighted by Crippen LogP contribution is -2.32. The average Bonchev–Trinajstić information content (AvgIpc) is 3.32. The van der Waals surface area contributed by atoms with E-state index in [0.717, 1.165) is 0 Å². The number of rotatable bonds is 9. The summed E-state index contributed by atoms with van der Waals surface area (Å²) in [5.74, 6) is 0.488. The van der Waals surface area contributed by atoms with Crippen molar-refractivity contribution < 1.29 is 23.2 Å². The van der Waals surface area contributed by atoms with Gasteiger partial charge in [-0.15, -0.1) is 0 Å². The Labute approximate surface area is 201 Å². The van der Waals surface area contributed by atoms with E-state index in [1.165, 1.54) is 6.07 Å². The van der Waals surface area contributed by atoms with Crippen molar-refractivity contribution in [3.63, 3.8) is 0 Å². The zero-order valence-electron chi connectivity index (χ0n) is 19.2. The van der Waals surface area contributed by atoms with E-state index >= 15 is 0 Å². The van der Waals surface area contributed by atoms with Crippen molar-refractivity contribution in [3.05, 3.63) is 94.7 Å². The van der Waals surface area contributed by atoms with Gasteiger partial charge in [-0.25, -0.2) is 9.59 Å². The van der Waals surface area contributed by atoms with Crippen LogP contribution in [-0.4, -0.2) is 30.1 Å². The maximum absolute atomic E-state index is 12.8. The highest BCUT2D eigenvalue weighted by molar-refractivity contribution is 5.92. The number of hydrogen-bond acceptors (Lipinski definition) is 7. The van der Waals surface area contributed by atoms with Crippen LogP contribution in [-0.2, 0) is 22.6 Å². The third kappa shape index (κ3) is 6.58. The Hall–Kier alpha value is -4.37. The molecule has 2 aromatic heterocycles. The zero-order valence-corrected chi connectivity index (χ0v) is 19.2. The van der Waals surface area contributed by atoms with Crippen LogP contribution in [0.25, 0.3) is 11.0 Å². The summed E-state index contributed by atoms with van der Waals surface area (Å²) in [6, 6.07) is 19.2. The molecular weight excluding hydrogens is 450 g/mol. The number of carbonyl (C=O) groups is 2. The summed E-state index contributed by atoms with van der Waals surface area (Å²) >= 11 is 0. The van der Waals surface area contributed by atoms with Gasteiger partial charge in [0.15, 0.2) is 0 Å². The van der Waals surface area contributed by atoms with Crippen LogP contribution < -0.4 is 16.3 Å². The SMILES string of the molecule is CCOC(=O)Nc1ccc2c(CN(CC(=O)Nc3ccccc3)Cc3ccco3)cc(=O)oc2c1. The van der Waals surface area contributed by atoms with Gasteiger partial charge in [-0.1, -0.05) is 18.2 Å². The van der Waals surface area contributed by atoms with Gasteiger partial charge in [0.25, 0.3) is 0 Å². The second-order valence-corrected chi connectivity index (χ2v) is 7.79. The molecule has 180 valence electrons. The van der Waals surface area contributed by atoms with Crippen LogP contribution in [0.15, 0.2) is 86.6 Å². The first-order chi connectivity index (χ1) is 17.0. The molecule has 0 fully saturated rings. The van der Waals surface area contributed by atoms with Gasteiger partial charge in [-0.3, -0.25) is 15.0 Å². The number of benzene rings is 2. The zero-order chi connectivity index (χ0) is 24.6. The molecule has 0 radical (unpaired) electrons. The monoisotopic (exact) mass is 475 g/mol. The van der Waals surface area contributed by atoms with Gasteiger partial charge in [0.05, 0.1) is 26.0 Å². The molecule has 0 spiro atoms. The average molecular weight is 476 g/mol. The lowest BCUT2D eigenvalue weighted by atomic mass is 10.1. The van der Waals surface area contributed by atoms with Gasteiger partial charge < -0.3 is 18.9 Å². The van der Waals surface area contributed by atoms with Crippen LogP contribution in [0.2, 0.25) is 0 Å². The fraction of sp³-hybridized carbons (Fsp3) is 0.192. The van der Waals surface area contributed by atoms with Crippen molar-refractivity contribution in [1.82, 2.24) is 4.90 Å². The van der Waals surface area contributed by atoms with Gasteiger partial charge in [0.2, 0.25) is 5.91 Å². The molecule has 0 aliphatic carbocycles. The van der Waals surface area contributed by atoms with Crippen molar-refractivity contribution >= 4 is 34.3 Å². The summed E-state index contributed by atoms with van der Waals surface area (Å²) < 4.78 is 15.7. The smallest absolute Gasteiger partial charge is 0.411 e. The van der Waals surface area contributed by atoms with Crippen LogP contribution in [0.5, 0.6) is 0 Å². The van der Waals surface area contributed by atoms with Crippen LogP contribution in [0.1, 0.15) is 18.2 Å². The predicted octanol–water partition coefficient (Wildman–Crippen LogP) is 4.60. The fourth-order valence-electron chi connectivity index (χ4n) is 3.68. The van der Waals surface area contributed by atoms with E-state index in [4.69, 9.17) is 13.6 Å². The summed E-state index contributed by atoms with van der Waals surface area (Å²) in [5, 5.41) is 6.16. The van der Waals surface area contributed by atoms with E-state index in [-0.39, 0.29) is 25.6 Å². The number of nitrogens with zero attached hydrogens (tertiary/aromatic N) is 1. The molecule has 0 aliphatic heterocycles. The van der Waals surface area contributed by atoms with Crippen LogP contribution in [0.3, 0.4) is 0 Å². The third-order valence-corrected chi connectivity index (χ3v) is 5.13. The Morgan fingerprint density at radius 1 is 0.943 bits per heavy atom. The van der Waals surface area contributed by atoms with E-state index in [1.807, 2.05) is 41.3 Å². The molecule has 9 nitrogen and oxygen atoms in total. The molecule has 2 heterocycles. The quantitative estimate of drug-likeness (QED) is 0.340. The van der Waals surface area contributed by atoms with Crippen molar-refractivity contribution in [1.29, 1.82) is 0 Å². The van der Waals surface area contributed by atoms with Crippen molar-refractivity contribution in [2.45, 2.75) is 20.0 Å². The molecule has 2 amide bonds. The molecule has 9 heteroatoms. The molecule has 2 aromatic carbocycles. The first-order valence-electron chi connectivity index (χ1n) is 11.1. The highest BCUT2D eigenvalue weighted by atomic mass is 16.5. The first-order valence-corrected chi connectivity index (χ1v) is 11.1. The molecule has 4 aromatic rings. The second-order valence-electron chi connectivity index (χ2n) is 7.79. The number of nitrogens with one attached hydrogen (secondary N) is 2. The number of furan rings is 1. The molecular formula is C26H25N3O6. The standard InChI is InChI=1S/C26H25N3O6/c1-2-33-26(32)28-20-10-11-22-18(13-25(31)35-23(22)14-20)15-29(16-21-9-6-12-34-21)17-24(30)27-19-7-4-3-5-8-19/h3-14H,2,15-17H2,1H3,(H,27,30)(H,28,32). The van der Waals surface area contributed by atoms with E-state index < -0.39 is 11.7 Å². The highest BCUT2D eigenvalue weighted by Gasteiger charge is 2.17. The molecule has 0 saturated carbocycles. The minimum atomic E-state index is -0.598. The summed E-state index contributed by atoms with van der Waals surface area (Å²) in [6.07, 6.45) is 0.974. The number of fused-ring (bicyclic) bond motifs is 1. The topological polar surface area (TPSA) is 114 Å². The Bertz CT molecular complexity index is 1350. The summed E-state index contributed by atoms with van der Waals surface area (Å²) in [4.78, 5) is 38.7. The highest BCUT2D eigenvalue weighted by Crippen LogP contribution is 2.23. The van der Waals surface area contributed by atoms with Crippen LogP contribution in [0.4, 0.5) is 16.2 Å². The lowest BCUT2D eigenvalue weighted by molar-refractivity contribution is -0.117. The largest absolute Gasteiger partial charge is 0.468 e. The normalized spacial score (nSPS) is 10.9. The Morgan fingerprint density at radius 3 is 2.51 bits per heavy atom. The molecule has 0 bridgehead atoms. The predicted molar refractivity (Wildman–Crippen MR) is 131 cm³/mol. The van der Waals surface area contributed by atoms with Gasteiger partial charge in [0, 0.05) is 35.4 Å². The fourth-order valence-corrected chi connectivity index (χ4v) is 3.68. The van der Waals surface area contributed by atoms with Crippen LogP contribution in [0, 0.1) is 0 Å². The molecule has 0 unspecified atom stereocenters. The van der Waals surface area contributed by atoms with Gasteiger partial charge in [0.1, 0.15) is 11.3 Å². The van der Waals surface area contributed by atoms with Crippen molar-refractivity contribution in [2.24, 2.45) is 0 Å². The van der Waals surface area contributed by atoms with Gasteiger partial charge >= 0.3 is 11.7 Å². The maximum Gasteiger partial charge on any atom is 0.411 e. The maximum atomic E-state index is 12.8. The summed E-state index contributed by atoms with van der Waals surface area (Å²) in [7, 11) is 0. The minimum Gasteiger partial charge on any atom is -0.468 e. The molecule has 0 aliphatic rings. The molecule has 35 heavy (non-hydrogen) atoms. The Balaban J connectivity index is 1.57. The minimum absolute atomic E-state index is 0.0693. The van der Waals surface area contributed by atoms with E-state index in [0.29, 0.717) is 40.2 Å². The number of anilines is 2. The number of ether oxygens (including phenoxy) is 1. The van der Waals surface area contributed by atoms with Crippen molar-refractivity contribution in [3.8, 4) is 0 Å². The molecule has 0 saturated heterocycles. The number of hydrogen-bond donors (Lipinski definition) is 2. The molecule has 4 rings (SSSR count). The Kier molecular flexibility index (Phi) is 7.59. The van der Waals surface area contributed by atoms with Crippen molar-refractivity contribution in [2.75, 3.05) is 23.8 Å². The van der Waals surface area contributed by atoms with E-state index in [2.05, 4.69) is 10.6 Å². The van der Waals surface area contributed by atoms with Gasteiger partial charge in [-0.2, -0.15) is 0 Å². The van der Waals surface area contributed by atoms with Crippen LogP contribution >= 0.6 is 0 Å². The lowest BCUT2D eigenvalue weighted by Gasteiger charge is -2.21. The second kappa shape index (κ2) is 11.2. The number of para-hydroxylation sites is 1. The first kappa shape index (κ1) is 23.8. The number of carbonyl (C=O) groups excluding carboxylic acids is 2. The van der Waals surface area contributed by atoms with E-state index in [1.54, 1.807) is 37.5 Å². The molecule has 2 N–H and O–H groups in total. The number of amides is 2. The Morgan fingerprint density at radius 2 is 1.77 bits per heavy atom. The third-order valence-electron chi connectivity index (χ3n) is 5.13. The molecule has 0 atom stereocenters. The summed E-state index contributed by atoms with van der Waals surface area (Å²) in [6.45, 7) is 2.66. The van der Waals surface area contributed by atoms with Gasteiger partial charge in [-0.05, 0) is 48.9 Å². The summed E-state index contributed by atoms with van der Waals surface area (Å²) in [5.41, 5.74) is 1.59. The van der Waals surface area contributed by atoms with E-state index in [9.17, 15) is 14.4 Å².